The van der Waals surface area contributed by atoms with Gasteiger partial charge in [-0.3, -0.25) is 0 Å². The molecule has 1 aromatic carbocycles. The molecule has 108 valence electrons. The summed E-state index contributed by atoms with van der Waals surface area (Å²) in [5.74, 6) is 0.196. The molecule has 0 saturated carbocycles. The molecule has 2 rings (SSSR count). The van der Waals surface area contributed by atoms with E-state index in [1.165, 1.54) is 11.1 Å². The van der Waals surface area contributed by atoms with Gasteiger partial charge in [-0.15, -0.1) is 0 Å². The lowest BCUT2D eigenvalue weighted by atomic mass is 9.86. The van der Waals surface area contributed by atoms with Crippen molar-refractivity contribution >= 4 is 14.6 Å². The molecule has 0 N–H and O–H groups in total. The Morgan fingerprint density at radius 3 is 2.45 bits per heavy atom. The van der Waals surface area contributed by atoms with E-state index >= 15 is 0 Å². The van der Waals surface area contributed by atoms with E-state index in [1.807, 2.05) is 6.07 Å². The van der Waals surface area contributed by atoms with Gasteiger partial charge in [0.15, 0.2) is 8.32 Å². The van der Waals surface area contributed by atoms with E-state index in [-0.39, 0.29) is 12.0 Å². The molecule has 0 radical (unpaired) electrons. The lowest BCUT2D eigenvalue weighted by Crippen LogP contribution is -2.29. The molecule has 2 atom stereocenters. The Balaban J connectivity index is 2.24. The lowest BCUT2D eigenvalue weighted by molar-refractivity contribution is -0.111. The van der Waals surface area contributed by atoms with E-state index in [4.69, 9.17) is 4.43 Å². The Bertz CT molecular complexity index is 474. The van der Waals surface area contributed by atoms with Crippen LogP contribution in [0.2, 0.25) is 19.6 Å². The Morgan fingerprint density at radius 1 is 1.25 bits per heavy atom. The maximum atomic E-state index is 10.9. The van der Waals surface area contributed by atoms with Gasteiger partial charge in [-0.25, -0.2) is 0 Å². The Labute approximate surface area is 123 Å². The van der Waals surface area contributed by atoms with E-state index in [2.05, 4.69) is 50.0 Å². The summed E-state index contributed by atoms with van der Waals surface area (Å²) in [6, 6.07) is 10.4. The van der Waals surface area contributed by atoms with Crippen molar-refractivity contribution in [1.82, 2.24) is 0 Å². The summed E-state index contributed by atoms with van der Waals surface area (Å²) in [6.07, 6.45) is 6.15. The first-order valence-corrected chi connectivity index (χ1v) is 10.8. The van der Waals surface area contributed by atoms with Crippen LogP contribution in [0.15, 0.2) is 42.0 Å². The average Bonchev–Trinajstić information content (AvgIpc) is 2.45. The maximum Gasteiger partial charge on any atom is 0.185 e. The highest BCUT2D eigenvalue weighted by molar-refractivity contribution is 6.69. The van der Waals surface area contributed by atoms with Crippen LogP contribution >= 0.6 is 0 Å². The molecule has 2 nitrogen and oxygen atoms in total. The quantitative estimate of drug-likeness (QED) is 0.453. The van der Waals surface area contributed by atoms with Crippen molar-refractivity contribution in [2.75, 3.05) is 0 Å². The number of hydrogen-bond donors (Lipinski definition) is 0. The summed E-state index contributed by atoms with van der Waals surface area (Å²) >= 11 is 0. The summed E-state index contributed by atoms with van der Waals surface area (Å²) in [5, 5.41) is 0. The van der Waals surface area contributed by atoms with Gasteiger partial charge < -0.3 is 9.22 Å². The first-order valence-electron chi connectivity index (χ1n) is 7.36. The van der Waals surface area contributed by atoms with Crippen LogP contribution in [0.4, 0.5) is 0 Å². The molecule has 0 aliphatic heterocycles. The van der Waals surface area contributed by atoms with Gasteiger partial charge in [0.05, 0.1) is 6.10 Å². The number of benzene rings is 1. The van der Waals surface area contributed by atoms with Gasteiger partial charge in [-0.05, 0) is 50.0 Å². The fourth-order valence-corrected chi connectivity index (χ4v) is 3.57. The van der Waals surface area contributed by atoms with Crippen molar-refractivity contribution in [3.8, 4) is 0 Å². The summed E-state index contributed by atoms with van der Waals surface area (Å²) in [4.78, 5) is 10.9. The fraction of sp³-hybridized carbons (Fsp3) is 0.471. The molecule has 0 heterocycles. The minimum atomic E-state index is -1.62. The minimum absolute atomic E-state index is 0.0652. The van der Waals surface area contributed by atoms with Gasteiger partial charge in [-0.2, -0.15) is 0 Å². The van der Waals surface area contributed by atoms with Crippen molar-refractivity contribution in [2.24, 2.45) is 5.92 Å². The molecule has 0 spiro atoms. The van der Waals surface area contributed by atoms with Crippen LogP contribution in [-0.2, 0) is 9.22 Å². The second-order valence-corrected chi connectivity index (χ2v) is 10.9. The van der Waals surface area contributed by atoms with E-state index < -0.39 is 8.32 Å². The Hall–Kier alpha value is -1.19. The SMILES string of the molecule is C[Si](C)(C)O[C@H](C1=CC[C@H](C=O)CC1)c1ccccc1. The van der Waals surface area contributed by atoms with Gasteiger partial charge in [0.2, 0.25) is 0 Å². The largest absolute Gasteiger partial charge is 0.407 e. The van der Waals surface area contributed by atoms with Crippen LogP contribution in [0.1, 0.15) is 30.9 Å². The van der Waals surface area contributed by atoms with Crippen LogP contribution < -0.4 is 0 Å². The minimum Gasteiger partial charge on any atom is -0.407 e. The predicted octanol–water partition coefficient (Wildman–Crippen LogP) is 4.50. The number of allylic oxidation sites excluding steroid dienone is 1. The molecule has 0 fully saturated rings. The molecule has 1 aromatic rings. The van der Waals surface area contributed by atoms with E-state index in [9.17, 15) is 4.79 Å². The molecule has 0 bridgehead atoms. The summed E-state index contributed by atoms with van der Waals surface area (Å²) in [5.41, 5.74) is 2.57. The monoisotopic (exact) mass is 288 g/mol. The zero-order valence-electron chi connectivity index (χ0n) is 12.6. The number of rotatable bonds is 5. The van der Waals surface area contributed by atoms with Crippen LogP contribution in [0, 0.1) is 5.92 Å². The van der Waals surface area contributed by atoms with Crippen molar-refractivity contribution in [3.63, 3.8) is 0 Å². The molecule has 0 saturated heterocycles. The molecule has 3 heteroatoms. The highest BCUT2D eigenvalue weighted by atomic mass is 28.4. The van der Waals surface area contributed by atoms with Crippen LogP contribution in [-0.4, -0.2) is 14.6 Å². The number of carbonyl (C=O) groups excluding carboxylic acids is 1. The van der Waals surface area contributed by atoms with E-state index in [0.717, 1.165) is 25.5 Å². The van der Waals surface area contributed by atoms with E-state index in [1.54, 1.807) is 0 Å². The number of hydrogen-bond acceptors (Lipinski definition) is 2. The van der Waals surface area contributed by atoms with Crippen LogP contribution in [0.5, 0.6) is 0 Å². The van der Waals surface area contributed by atoms with Gasteiger partial charge in [0.25, 0.3) is 0 Å². The maximum absolute atomic E-state index is 10.9. The second kappa shape index (κ2) is 6.51. The summed E-state index contributed by atoms with van der Waals surface area (Å²) in [6.45, 7) is 6.67. The lowest BCUT2D eigenvalue weighted by Gasteiger charge is -2.31. The van der Waals surface area contributed by atoms with Crippen LogP contribution in [0.25, 0.3) is 0 Å². The third-order valence-corrected chi connectivity index (χ3v) is 4.53. The van der Waals surface area contributed by atoms with Gasteiger partial charge >= 0.3 is 0 Å². The van der Waals surface area contributed by atoms with Crippen molar-refractivity contribution in [3.05, 3.63) is 47.5 Å². The molecule has 0 aromatic heterocycles. The van der Waals surface area contributed by atoms with Gasteiger partial charge in [0.1, 0.15) is 6.29 Å². The summed E-state index contributed by atoms with van der Waals surface area (Å²) < 4.78 is 6.41. The third kappa shape index (κ3) is 4.15. The molecular formula is C17H24O2Si. The van der Waals surface area contributed by atoms with Crippen molar-refractivity contribution in [2.45, 2.75) is 45.0 Å². The Morgan fingerprint density at radius 2 is 1.95 bits per heavy atom. The molecular weight excluding hydrogens is 264 g/mol. The zero-order chi connectivity index (χ0) is 14.6. The third-order valence-electron chi connectivity index (χ3n) is 3.59. The van der Waals surface area contributed by atoms with Gasteiger partial charge in [0, 0.05) is 5.92 Å². The first-order chi connectivity index (χ1) is 9.49. The second-order valence-electron chi connectivity index (χ2n) is 6.47. The van der Waals surface area contributed by atoms with Crippen LogP contribution in [0.3, 0.4) is 0 Å². The highest BCUT2D eigenvalue weighted by Crippen LogP contribution is 2.36. The zero-order valence-corrected chi connectivity index (χ0v) is 13.6. The van der Waals surface area contributed by atoms with Crippen molar-refractivity contribution < 1.29 is 9.22 Å². The molecule has 0 unspecified atom stereocenters. The van der Waals surface area contributed by atoms with Gasteiger partial charge in [-0.1, -0.05) is 36.4 Å². The fourth-order valence-electron chi connectivity index (χ4n) is 2.58. The molecule has 1 aliphatic rings. The average molecular weight is 288 g/mol. The Kier molecular flexibility index (Phi) is 4.94. The number of carbonyl (C=O) groups is 1. The topological polar surface area (TPSA) is 26.3 Å². The standard InChI is InChI=1S/C17H24O2Si/c1-20(2,3)19-17(15-7-5-4-6-8-15)16-11-9-14(13-18)10-12-16/h4-8,11,13-14,17H,9-10,12H2,1-3H3/t14-,17-/m0/s1. The number of aldehydes is 1. The first kappa shape index (κ1) is 15.2. The normalized spacial score (nSPS) is 21.1. The predicted molar refractivity (Wildman–Crippen MR) is 85.1 cm³/mol. The molecule has 20 heavy (non-hydrogen) atoms. The summed E-state index contributed by atoms with van der Waals surface area (Å²) in [7, 11) is -1.62. The molecule has 1 aliphatic carbocycles. The smallest absolute Gasteiger partial charge is 0.185 e. The van der Waals surface area contributed by atoms with Crippen molar-refractivity contribution in [1.29, 1.82) is 0 Å². The van der Waals surface area contributed by atoms with E-state index in [0.29, 0.717) is 0 Å². The highest BCUT2D eigenvalue weighted by Gasteiger charge is 2.27. The molecule has 0 amide bonds.